The molecule has 35 heavy (non-hydrogen) atoms. The van der Waals surface area contributed by atoms with E-state index in [0.29, 0.717) is 44.2 Å². The van der Waals surface area contributed by atoms with Crippen LogP contribution in [0.5, 0.6) is 0 Å². The monoisotopic (exact) mass is 478 g/mol. The summed E-state index contributed by atoms with van der Waals surface area (Å²) in [5, 5.41) is 12.2. The van der Waals surface area contributed by atoms with Gasteiger partial charge in [-0.1, -0.05) is 12.1 Å². The van der Waals surface area contributed by atoms with Crippen LogP contribution in [0.2, 0.25) is 0 Å². The van der Waals surface area contributed by atoms with Gasteiger partial charge in [0.05, 0.1) is 49.3 Å². The van der Waals surface area contributed by atoms with Crippen LogP contribution in [0.1, 0.15) is 10.5 Å². The zero-order chi connectivity index (χ0) is 24.6. The molecule has 1 aromatic carbocycles. The maximum absolute atomic E-state index is 13.1. The third-order valence-electron chi connectivity index (χ3n) is 5.71. The molecule has 1 aliphatic rings. The number of hydrogen-bond acceptors (Lipinski definition) is 10. The van der Waals surface area contributed by atoms with Gasteiger partial charge >= 0.3 is 0 Å². The van der Waals surface area contributed by atoms with Gasteiger partial charge in [0, 0.05) is 50.2 Å². The van der Waals surface area contributed by atoms with Crippen LogP contribution >= 0.6 is 0 Å². The molecule has 2 aromatic heterocycles. The third-order valence-corrected chi connectivity index (χ3v) is 5.71. The van der Waals surface area contributed by atoms with E-state index in [1.165, 1.54) is 6.20 Å². The van der Waals surface area contributed by atoms with Crippen molar-refractivity contribution in [3.05, 3.63) is 54.6 Å². The molecule has 0 unspecified atom stereocenters. The van der Waals surface area contributed by atoms with E-state index in [-0.39, 0.29) is 18.1 Å². The Hall–Kier alpha value is -3.80. The molecule has 3 aromatic rings. The van der Waals surface area contributed by atoms with E-state index in [4.69, 9.17) is 16.2 Å². The maximum Gasteiger partial charge on any atom is 0.278 e. The van der Waals surface area contributed by atoms with E-state index in [9.17, 15) is 9.90 Å². The predicted molar refractivity (Wildman–Crippen MR) is 135 cm³/mol. The largest absolute Gasteiger partial charge is 0.395 e. The lowest BCUT2D eigenvalue weighted by Crippen LogP contribution is -2.36. The molecule has 0 bridgehead atoms. The Morgan fingerprint density at radius 2 is 1.91 bits per heavy atom. The molecular formula is C24H30N8O3. The average molecular weight is 479 g/mol. The molecule has 1 saturated heterocycles. The van der Waals surface area contributed by atoms with Crippen molar-refractivity contribution in [2.24, 2.45) is 5.73 Å². The van der Waals surface area contributed by atoms with Gasteiger partial charge in [0.1, 0.15) is 0 Å². The van der Waals surface area contributed by atoms with Gasteiger partial charge in [0.15, 0.2) is 11.5 Å². The van der Waals surface area contributed by atoms with Crippen LogP contribution < -0.4 is 26.6 Å². The fourth-order valence-corrected chi connectivity index (χ4v) is 3.94. The summed E-state index contributed by atoms with van der Waals surface area (Å²) >= 11 is 0. The number of nitrogens with zero attached hydrogens (tertiary/aromatic N) is 5. The number of rotatable bonds is 9. The fraction of sp³-hybridized carbons (Fsp3) is 0.333. The molecular weight excluding hydrogens is 448 g/mol. The molecule has 1 amide bonds. The predicted octanol–water partition coefficient (Wildman–Crippen LogP) is 0.967. The highest BCUT2D eigenvalue weighted by Crippen LogP contribution is 2.27. The molecule has 11 heteroatoms. The van der Waals surface area contributed by atoms with Gasteiger partial charge in [0.2, 0.25) is 0 Å². The molecule has 0 saturated carbocycles. The van der Waals surface area contributed by atoms with Crippen LogP contribution in [0.4, 0.5) is 22.9 Å². The van der Waals surface area contributed by atoms with E-state index < -0.39 is 5.91 Å². The highest BCUT2D eigenvalue weighted by molar-refractivity contribution is 6.07. The highest BCUT2D eigenvalue weighted by Gasteiger charge is 2.20. The summed E-state index contributed by atoms with van der Waals surface area (Å²) < 4.78 is 5.43. The molecule has 11 nitrogen and oxygen atoms in total. The van der Waals surface area contributed by atoms with Gasteiger partial charge in [-0.05, 0) is 18.2 Å². The lowest BCUT2D eigenvalue weighted by Gasteiger charge is -2.30. The quantitative estimate of drug-likeness (QED) is 0.349. The van der Waals surface area contributed by atoms with Crippen molar-refractivity contribution >= 4 is 28.8 Å². The van der Waals surface area contributed by atoms with Gasteiger partial charge in [-0.2, -0.15) is 0 Å². The first-order valence-corrected chi connectivity index (χ1v) is 11.5. The topological polar surface area (TPSA) is 156 Å². The minimum absolute atomic E-state index is 0.0356. The Bertz CT molecular complexity index is 1130. The van der Waals surface area contributed by atoms with Gasteiger partial charge in [0.25, 0.3) is 5.91 Å². The number of nitrogens with two attached hydrogens (primary N) is 2. The van der Waals surface area contributed by atoms with Crippen molar-refractivity contribution in [1.82, 2.24) is 15.0 Å². The summed E-state index contributed by atoms with van der Waals surface area (Å²) in [6.07, 6.45) is 4.83. The normalized spacial score (nSPS) is 13.5. The zero-order valence-electron chi connectivity index (χ0n) is 19.4. The number of nitrogen functional groups attached to an aromatic ring is 1. The lowest BCUT2D eigenvalue weighted by atomic mass is 10.1. The molecule has 4 rings (SSSR count). The number of anilines is 4. The standard InChI is InChI=1S/C24H30N8O3/c25-6-8-31(9-12-33)18-3-1-17(2-4-18)19-16-28-23(26)22(29-19)24(34)30-20-15-27-7-5-21(20)32-10-13-35-14-11-32/h1-5,7,15-16,33H,6,8-14,25H2,(H2,26,28)(H,30,34). The zero-order valence-corrected chi connectivity index (χ0v) is 19.4. The minimum atomic E-state index is -0.465. The number of pyridine rings is 1. The van der Waals surface area contributed by atoms with E-state index in [1.807, 2.05) is 35.2 Å². The summed E-state index contributed by atoms with van der Waals surface area (Å²) in [6, 6.07) is 9.47. The Balaban J connectivity index is 1.55. The molecule has 184 valence electrons. The number of aliphatic hydroxyl groups excluding tert-OH is 1. The van der Waals surface area contributed by atoms with Crippen molar-refractivity contribution in [1.29, 1.82) is 0 Å². The van der Waals surface area contributed by atoms with Crippen LogP contribution in [0.3, 0.4) is 0 Å². The van der Waals surface area contributed by atoms with E-state index >= 15 is 0 Å². The van der Waals surface area contributed by atoms with Crippen molar-refractivity contribution < 1.29 is 14.6 Å². The molecule has 3 heterocycles. The van der Waals surface area contributed by atoms with Crippen molar-refractivity contribution in [2.75, 3.05) is 73.4 Å². The van der Waals surface area contributed by atoms with E-state index in [1.54, 1.807) is 12.4 Å². The number of aliphatic hydroxyl groups is 1. The lowest BCUT2D eigenvalue weighted by molar-refractivity contribution is 0.102. The minimum Gasteiger partial charge on any atom is -0.395 e. The van der Waals surface area contributed by atoms with Crippen LogP contribution in [0, 0.1) is 0 Å². The number of carbonyl (C=O) groups excluding carboxylic acids is 1. The number of benzene rings is 1. The summed E-state index contributed by atoms with van der Waals surface area (Å²) in [5.74, 6) is -0.426. The smallest absolute Gasteiger partial charge is 0.278 e. The van der Waals surface area contributed by atoms with Gasteiger partial charge in [-0.15, -0.1) is 0 Å². The highest BCUT2D eigenvalue weighted by atomic mass is 16.5. The Morgan fingerprint density at radius 1 is 1.14 bits per heavy atom. The summed E-state index contributed by atoms with van der Waals surface area (Å²) in [5.41, 5.74) is 15.4. The van der Waals surface area contributed by atoms with Gasteiger partial charge in [-0.3, -0.25) is 9.78 Å². The SMILES string of the molecule is NCCN(CCO)c1ccc(-c2cnc(N)c(C(=O)Nc3cnccc3N3CCOCC3)n2)cc1. The molecule has 6 N–H and O–H groups in total. The van der Waals surface area contributed by atoms with E-state index in [2.05, 4.69) is 25.2 Å². The summed E-state index contributed by atoms with van der Waals surface area (Å²) in [7, 11) is 0. The second-order valence-electron chi connectivity index (χ2n) is 7.98. The first kappa shape index (κ1) is 24.3. The van der Waals surface area contributed by atoms with Crippen molar-refractivity contribution in [3.63, 3.8) is 0 Å². The van der Waals surface area contributed by atoms with E-state index in [0.717, 1.165) is 30.0 Å². The number of carbonyl (C=O) groups is 1. The molecule has 1 aliphatic heterocycles. The van der Waals surface area contributed by atoms with Crippen LogP contribution in [0.15, 0.2) is 48.9 Å². The summed E-state index contributed by atoms with van der Waals surface area (Å²) in [6.45, 7) is 4.33. The molecule has 0 aliphatic carbocycles. The average Bonchev–Trinajstić information content (AvgIpc) is 2.90. The van der Waals surface area contributed by atoms with Gasteiger partial charge in [-0.25, -0.2) is 9.97 Å². The number of nitrogens with one attached hydrogen (secondary N) is 1. The third kappa shape index (κ3) is 5.83. The maximum atomic E-state index is 13.1. The van der Waals surface area contributed by atoms with Gasteiger partial charge < -0.3 is 36.4 Å². The van der Waals surface area contributed by atoms with Crippen LogP contribution in [-0.4, -0.2) is 78.5 Å². The first-order chi connectivity index (χ1) is 17.1. The first-order valence-electron chi connectivity index (χ1n) is 11.5. The molecule has 1 fully saturated rings. The molecule has 0 spiro atoms. The number of amides is 1. The Morgan fingerprint density at radius 3 is 2.63 bits per heavy atom. The van der Waals surface area contributed by atoms with Crippen LogP contribution in [0.25, 0.3) is 11.3 Å². The Labute approximate surface area is 203 Å². The van der Waals surface area contributed by atoms with Crippen LogP contribution in [-0.2, 0) is 4.74 Å². The molecule has 0 radical (unpaired) electrons. The summed E-state index contributed by atoms with van der Waals surface area (Å²) in [4.78, 5) is 30.1. The van der Waals surface area contributed by atoms with Crippen molar-refractivity contribution in [3.8, 4) is 11.3 Å². The van der Waals surface area contributed by atoms with Crippen molar-refractivity contribution in [2.45, 2.75) is 0 Å². The number of aromatic nitrogens is 3. The molecule has 0 atom stereocenters. The fourth-order valence-electron chi connectivity index (χ4n) is 3.94. The number of hydrogen-bond donors (Lipinski definition) is 4. The second kappa shape index (κ2) is 11.6. The Kier molecular flexibility index (Phi) is 8.03. The number of morpholine rings is 1. The second-order valence-corrected chi connectivity index (χ2v) is 7.98. The number of ether oxygens (including phenoxy) is 1.